The summed E-state index contributed by atoms with van der Waals surface area (Å²) in [5.41, 5.74) is 1.05. The molecule has 0 fully saturated rings. The first kappa shape index (κ1) is 9.21. The number of aryl methyl sites for hydroxylation is 1. The second kappa shape index (κ2) is 3.79. The Hall–Kier alpha value is -1.36. The molecule has 0 aliphatic rings. The average Bonchev–Trinajstić information content (AvgIpc) is 2.75. The van der Waals surface area contributed by atoms with E-state index in [0.29, 0.717) is 0 Å². The lowest BCUT2D eigenvalue weighted by atomic mass is 10.3. The fourth-order valence-corrected chi connectivity index (χ4v) is 1.96. The molecule has 14 heavy (non-hydrogen) atoms. The van der Waals surface area contributed by atoms with Crippen LogP contribution < -0.4 is 5.32 Å². The second-order valence-corrected chi connectivity index (χ2v) is 3.99. The SMILES string of the molecule is Cc1csc(NC(C)c2ncc[nH]2)n1. The van der Waals surface area contributed by atoms with Crippen LogP contribution in [0, 0.1) is 6.92 Å². The molecule has 4 nitrogen and oxygen atoms in total. The summed E-state index contributed by atoms with van der Waals surface area (Å²) < 4.78 is 0. The van der Waals surface area contributed by atoms with Gasteiger partial charge in [-0.25, -0.2) is 9.97 Å². The van der Waals surface area contributed by atoms with Gasteiger partial charge >= 0.3 is 0 Å². The van der Waals surface area contributed by atoms with Gasteiger partial charge in [0.15, 0.2) is 5.13 Å². The molecule has 0 saturated carbocycles. The molecule has 0 amide bonds. The van der Waals surface area contributed by atoms with E-state index >= 15 is 0 Å². The molecular weight excluding hydrogens is 196 g/mol. The Morgan fingerprint density at radius 2 is 2.43 bits per heavy atom. The first-order valence-electron chi connectivity index (χ1n) is 4.43. The van der Waals surface area contributed by atoms with Crippen LogP contribution >= 0.6 is 11.3 Å². The standard InChI is InChI=1S/C9H12N4S/c1-6-5-14-9(12-6)13-7(2)8-10-3-4-11-8/h3-5,7H,1-2H3,(H,10,11)(H,12,13). The number of nitrogens with one attached hydrogen (secondary N) is 2. The molecule has 2 N–H and O–H groups in total. The molecule has 0 bridgehead atoms. The van der Waals surface area contributed by atoms with E-state index in [1.165, 1.54) is 0 Å². The van der Waals surface area contributed by atoms with Crippen LogP contribution in [0.5, 0.6) is 0 Å². The molecule has 0 radical (unpaired) electrons. The number of hydrogen-bond donors (Lipinski definition) is 2. The lowest BCUT2D eigenvalue weighted by Crippen LogP contribution is -2.07. The van der Waals surface area contributed by atoms with E-state index in [2.05, 4.69) is 27.2 Å². The summed E-state index contributed by atoms with van der Waals surface area (Å²) >= 11 is 1.61. The van der Waals surface area contributed by atoms with Crippen LogP contribution in [0.3, 0.4) is 0 Å². The quantitative estimate of drug-likeness (QED) is 0.814. The van der Waals surface area contributed by atoms with Gasteiger partial charge in [-0.3, -0.25) is 0 Å². The van der Waals surface area contributed by atoms with E-state index in [0.717, 1.165) is 16.6 Å². The Labute approximate surface area is 86.4 Å². The summed E-state index contributed by atoms with van der Waals surface area (Å²) in [6.45, 7) is 4.04. The fraction of sp³-hybridized carbons (Fsp3) is 0.333. The van der Waals surface area contributed by atoms with Crippen LogP contribution in [0.1, 0.15) is 24.5 Å². The molecule has 5 heteroatoms. The monoisotopic (exact) mass is 208 g/mol. The normalized spacial score (nSPS) is 12.7. The van der Waals surface area contributed by atoms with Gasteiger partial charge in [0, 0.05) is 17.8 Å². The van der Waals surface area contributed by atoms with Crippen molar-refractivity contribution >= 4 is 16.5 Å². The van der Waals surface area contributed by atoms with Gasteiger partial charge in [0.25, 0.3) is 0 Å². The van der Waals surface area contributed by atoms with Crippen LogP contribution in [0.15, 0.2) is 17.8 Å². The Morgan fingerprint density at radius 3 is 3.00 bits per heavy atom. The molecule has 74 valence electrons. The van der Waals surface area contributed by atoms with E-state index < -0.39 is 0 Å². The van der Waals surface area contributed by atoms with Gasteiger partial charge in [0.2, 0.25) is 0 Å². The van der Waals surface area contributed by atoms with Gasteiger partial charge in [-0.1, -0.05) is 0 Å². The van der Waals surface area contributed by atoms with Crippen LogP contribution in [0.25, 0.3) is 0 Å². The Bertz CT molecular complexity index is 393. The minimum atomic E-state index is 0.163. The molecule has 2 aromatic rings. The summed E-state index contributed by atoms with van der Waals surface area (Å²) in [6.07, 6.45) is 3.57. The number of hydrogen-bond acceptors (Lipinski definition) is 4. The van der Waals surface area contributed by atoms with Crippen LogP contribution in [0.4, 0.5) is 5.13 Å². The Balaban J connectivity index is 2.05. The third kappa shape index (κ3) is 1.93. The molecule has 0 aliphatic heterocycles. The predicted molar refractivity (Wildman–Crippen MR) is 57.5 cm³/mol. The molecule has 1 atom stereocenters. The summed E-state index contributed by atoms with van der Waals surface area (Å²) in [7, 11) is 0. The minimum Gasteiger partial charge on any atom is -0.352 e. The van der Waals surface area contributed by atoms with Crippen LogP contribution in [-0.4, -0.2) is 15.0 Å². The maximum atomic E-state index is 4.33. The number of aromatic amines is 1. The van der Waals surface area contributed by atoms with Gasteiger partial charge in [-0.15, -0.1) is 11.3 Å². The van der Waals surface area contributed by atoms with Gasteiger partial charge < -0.3 is 10.3 Å². The lowest BCUT2D eigenvalue weighted by molar-refractivity contribution is 0.808. The van der Waals surface area contributed by atoms with Crippen molar-refractivity contribution in [1.29, 1.82) is 0 Å². The van der Waals surface area contributed by atoms with Crippen molar-refractivity contribution in [3.63, 3.8) is 0 Å². The van der Waals surface area contributed by atoms with Gasteiger partial charge in [-0.2, -0.15) is 0 Å². The van der Waals surface area contributed by atoms with E-state index in [1.54, 1.807) is 17.5 Å². The third-order valence-corrected chi connectivity index (χ3v) is 2.78. The molecule has 0 spiro atoms. The number of H-pyrrole nitrogens is 1. The highest BCUT2D eigenvalue weighted by Gasteiger charge is 2.08. The predicted octanol–water partition coefficient (Wildman–Crippen LogP) is 2.35. The average molecular weight is 208 g/mol. The number of thiazole rings is 1. The molecule has 0 saturated heterocycles. The number of nitrogens with zero attached hydrogens (tertiary/aromatic N) is 2. The van der Waals surface area contributed by atoms with Crippen molar-refractivity contribution in [3.8, 4) is 0 Å². The highest BCUT2D eigenvalue weighted by Crippen LogP contribution is 2.19. The smallest absolute Gasteiger partial charge is 0.183 e. The number of rotatable bonds is 3. The number of imidazole rings is 1. The zero-order valence-corrected chi connectivity index (χ0v) is 8.93. The number of aromatic nitrogens is 3. The zero-order chi connectivity index (χ0) is 9.97. The first-order chi connectivity index (χ1) is 6.75. The lowest BCUT2D eigenvalue weighted by Gasteiger charge is -2.09. The summed E-state index contributed by atoms with van der Waals surface area (Å²) in [5, 5.41) is 6.24. The van der Waals surface area contributed by atoms with Crippen LogP contribution in [-0.2, 0) is 0 Å². The molecule has 1 unspecified atom stereocenters. The first-order valence-corrected chi connectivity index (χ1v) is 5.31. The van der Waals surface area contributed by atoms with Gasteiger partial charge in [0.05, 0.1) is 11.7 Å². The van der Waals surface area contributed by atoms with Crippen molar-refractivity contribution in [2.75, 3.05) is 5.32 Å². The molecule has 2 aromatic heterocycles. The van der Waals surface area contributed by atoms with Crippen molar-refractivity contribution in [2.45, 2.75) is 19.9 Å². The summed E-state index contributed by atoms with van der Waals surface area (Å²) in [4.78, 5) is 11.6. The topological polar surface area (TPSA) is 53.6 Å². The van der Waals surface area contributed by atoms with E-state index in [-0.39, 0.29) is 6.04 Å². The van der Waals surface area contributed by atoms with Crippen molar-refractivity contribution in [1.82, 2.24) is 15.0 Å². The highest BCUT2D eigenvalue weighted by atomic mass is 32.1. The molecule has 0 aromatic carbocycles. The Morgan fingerprint density at radius 1 is 1.57 bits per heavy atom. The molecular formula is C9H12N4S. The summed E-state index contributed by atoms with van der Waals surface area (Å²) in [6, 6.07) is 0.163. The maximum absolute atomic E-state index is 4.33. The summed E-state index contributed by atoms with van der Waals surface area (Å²) in [5.74, 6) is 0.929. The zero-order valence-electron chi connectivity index (χ0n) is 8.11. The molecule has 0 aliphatic carbocycles. The largest absolute Gasteiger partial charge is 0.352 e. The highest BCUT2D eigenvalue weighted by molar-refractivity contribution is 7.13. The maximum Gasteiger partial charge on any atom is 0.183 e. The Kier molecular flexibility index (Phi) is 2.49. The second-order valence-electron chi connectivity index (χ2n) is 3.13. The fourth-order valence-electron chi connectivity index (χ4n) is 1.19. The van der Waals surface area contributed by atoms with Crippen molar-refractivity contribution < 1.29 is 0 Å². The van der Waals surface area contributed by atoms with Crippen LogP contribution in [0.2, 0.25) is 0 Å². The van der Waals surface area contributed by atoms with E-state index in [4.69, 9.17) is 0 Å². The van der Waals surface area contributed by atoms with Gasteiger partial charge in [-0.05, 0) is 13.8 Å². The minimum absolute atomic E-state index is 0.163. The molecule has 2 heterocycles. The van der Waals surface area contributed by atoms with E-state index in [1.807, 2.05) is 18.5 Å². The van der Waals surface area contributed by atoms with Gasteiger partial charge in [0.1, 0.15) is 5.82 Å². The van der Waals surface area contributed by atoms with Crippen molar-refractivity contribution in [3.05, 3.63) is 29.3 Å². The number of anilines is 1. The van der Waals surface area contributed by atoms with Crippen molar-refractivity contribution in [2.24, 2.45) is 0 Å². The molecule has 2 rings (SSSR count). The van der Waals surface area contributed by atoms with E-state index in [9.17, 15) is 0 Å². The third-order valence-electron chi connectivity index (χ3n) is 1.89.